The maximum atomic E-state index is 5.36. The molecule has 0 spiro atoms. The number of halogens is 1. The van der Waals surface area contributed by atoms with Crippen molar-refractivity contribution in [1.82, 2.24) is 5.32 Å². The van der Waals surface area contributed by atoms with Crippen molar-refractivity contribution in [3.05, 3.63) is 28.2 Å². The smallest absolute Gasteiger partial charge is 0.133 e. The molecule has 3 unspecified atom stereocenters. The molecule has 0 bridgehead atoms. The zero-order valence-corrected chi connectivity index (χ0v) is 15.1. The van der Waals surface area contributed by atoms with E-state index in [9.17, 15) is 0 Å². The summed E-state index contributed by atoms with van der Waals surface area (Å²) in [6.07, 6.45) is 6.62. The second kappa shape index (κ2) is 8.19. The third kappa shape index (κ3) is 4.46. The number of rotatable bonds is 6. The highest BCUT2D eigenvalue weighted by molar-refractivity contribution is 9.10. The van der Waals surface area contributed by atoms with Crippen LogP contribution in [-0.2, 0) is 0 Å². The first-order valence-corrected chi connectivity index (χ1v) is 9.01. The minimum atomic E-state index is 0.468. The Kier molecular flexibility index (Phi) is 6.56. The molecule has 118 valence electrons. The van der Waals surface area contributed by atoms with E-state index in [2.05, 4.69) is 53.3 Å². The molecular weight excluding hydrogens is 326 g/mol. The lowest BCUT2D eigenvalue weighted by molar-refractivity contribution is 0.223. The fourth-order valence-electron chi connectivity index (χ4n) is 3.52. The van der Waals surface area contributed by atoms with E-state index >= 15 is 0 Å². The van der Waals surface area contributed by atoms with Crippen LogP contribution in [0.2, 0.25) is 0 Å². The van der Waals surface area contributed by atoms with E-state index in [1.807, 2.05) is 0 Å². The van der Waals surface area contributed by atoms with E-state index in [0.29, 0.717) is 6.04 Å². The lowest BCUT2D eigenvalue weighted by Gasteiger charge is -2.34. The third-order valence-corrected chi connectivity index (χ3v) is 5.22. The summed E-state index contributed by atoms with van der Waals surface area (Å²) in [5.41, 5.74) is 1.38. The molecule has 2 nitrogen and oxygen atoms in total. The Bertz CT molecular complexity index is 449. The Balaban J connectivity index is 2.20. The summed E-state index contributed by atoms with van der Waals surface area (Å²) >= 11 is 3.63. The molecule has 1 aliphatic rings. The van der Waals surface area contributed by atoms with Crippen LogP contribution in [0.3, 0.4) is 0 Å². The fraction of sp³-hybridized carbons (Fsp3) is 0.667. The normalized spacial score (nSPS) is 23.8. The standard InChI is InChI=1S/C18H28BrNO/c1-4-10-20-18(14-7-5-6-13(2)11-14)15-8-9-17(21-3)16(19)12-15/h8-9,12-14,18,20H,4-7,10-11H2,1-3H3. The lowest BCUT2D eigenvalue weighted by atomic mass is 9.76. The number of ether oxygens (including phenoxy) is 1. The zero-order valence-electron chi connectivity index (χ0n) is 13.5. The van der Waals surface area contributed by atoms with Crippen LogP contribution in [0.1, 0.15) is 57.6 Å². The molecule has 0 heterocycles. The van der Waals surface area contributed by atoms with E-state index in [-0.39, 0.29) is 0 Å². The molecule has 3 atom stereocenters. The van der Waals surface area contributed by atoms with Gasteiger partial charge in [-0.25, -0.2) is 0 Å². The molecule has 1 aromatic rings. The summed E-state index contributed by atoms with van der Waals surface area (Å²) < 4.78 is 6.41. The summed E-state index contributed by atoms with van der Waals surface area (Å²) in [5, 5.41) is 3.78. The van der Waals surface area contributed by atoms with Gasteiger partial charge in [0.05, 0.1) is 11.6 Å². The monoisotopic (exact) mass is 353 g/mol. The van der Waals surface area contributed by atoms with Gasteiger partial charge in [0.25, 0.3) is 0 Å². The fourth-order valence-corrected chi connectivity index (χ4v) is 4.07. The molecule has 21 heavy (non-hydrogen) atoms. The number of benzene rings is 1. The van der Waals surface area contributed by atoms with Crippen LogP contribution in [0.4, 0.5) is 0 Å². The van der Waals surface area contributed by atoms with Gasteiger partial charge in [-0.2, -0.15) is 0 Å². The van der Waals surface area contributed by atoms with Gasteiger partial charge >= 0.3 is 0 Å². The molecule has 1 aliphatic carbocycles. The van der Waals surface area contributed by atoms with Gasteiger partial charge in [-0.3, -0.25) is 0 Å². The first-order valence-electron chi connectivity index (χ1n) is 8.22. The minimum absolute atomic E-state index is 0.468. The van der Waals surface area contributed by atoms with Gasteiger partial charge in [0, 0.05) is 6.04 Å². The van der Waals surface area contributed by atoms with E-state index < -0.39 is 0 Å². The summed E-state index contributed by atoms with van der Waals surface area (Å²) in [5.74, 6) is 2.52. The van der Waals surface area contributed by atoms with Crippen molar-refractivity contribution < 1.29 is 4.74 Å². The van der Waals surface area contributed by atoms with Gasteiger partial charge in [-0.05, 0) is 71.3 Å². The Morgan fingerprint density at radius 2 is 2.19 bits per heavy atom. The van der Waals surface area contributed by atoms with Crippen molar-refractivity contribution in [2.45, 2.75) is 52.0 Å². The predicted molar refractivity (Wildman–Crippen MR) is 92.9 cm³/mol. The van der Waals surface area contributed by atoms with E-state index in [0.717, 1.165) is 28.6 Å². The number of nitrogens with one attached hydrogen (secondary N) is 1. The molecule has 1 N–H and O–H groups in total. The number of hydrogen-bond acceptors (Lipinski definition) is 2. The Morgan fingerprint density at radius 3 is 2.81 bits per heavy atom. The van der Waals surface area contributed by atoms with E-state index in [1.165, 1.54) is 37.7 Å². The molecule has 1 fully saturated rings. The summed E-state index contributed by atoms with van der Waals surface area (Å²) in [6.45, 7) is 5.71. The van der Waals surface area contributed by atoms with Crippen LogP contribution in [0, 0.1) is 11.8 Å². The maximum absolute atomic E-state index is 5.36. The Hall–Kier alpha value is -0.540. The molecule has 1 aromatic carbocycles. The van der Waals surface area contributed by atoms with E-state index in [4.69, 9.17) is 4.74 Å². The Morgan fingerprint density at radius 1 is 1.38 bits per heavy atom. The van der Waals surface area contributed by atoms with Crippen molar-refractivity contribution in [2.75, 3.05) is 13.7 Å². The largest absolute Gasteiger partial charge is 0.496 e. The van der Waals surface area contributed by atoms with Crippen LogP contribution in [0.15, 0.2) is 22.7 Å². The highest BCUT2D eigenvalue weighted by Gasteiger charge is 2.27. The summed E-state index contributed by atoms with van der Waals surface area (Å²) in [7, 11) is 1.72. The van der Waals surface area contributed by atoms with Crippen LogP contribution in [0.25, 0.3) is 0 Å². The molecule has 3 heteroatoms. The predicted octanol–water partition coefficient (Wildman–Crippen LogP) is 5.32. The van der Waals surface area contributed by atoms with Crippen molar-refractivity contribution in [3.63, 3.8) is 0 Å². The van der Waals surface area contributed by atoms with Gasteiger partial charge in [0.15, 0.2) is 0 Å². The number of methoxy groups -OCH3 is 1. The van der Waals surface area contributed by atoms with Crippen LogP contribution in [0.5, 0.6) is 5.75 Å². The SMILES string of the molecule is CCCNC(c1ccc(OC)c(Br)c1)C1CCCC(C)C1. The first kappa shape index (κ1) is 16.8. The summed E-state index contributed by atoms with van der Waals surface area (Å²) in [4.78, 5) is 0. The number of hydrogen-bond donors (Lipinski definition) is 1. The lowest BCUT2D eigenvalue weighted by Crippen LogP contribution is -2.31. The average molecular weight is 354 g/mol. The van der Waals surface area contributed by atoms with Crippen LogP contribution in [-0.4, -0.2) is 13.7 Å². The van der Waals surface area contributed by atoms with Crippen molar-refractivity contribution in [2.24, 2.45) is 11.8 Å². The van der Waals surface area contributed by atoms with Gasteiger partial charge in [-0.1, -0.05) is 32.8 Å². The quantitative estimate of drug-likeness (QED) is 0.746. The van der Waals surface area contributed by atoms with Gasteiger partial charge in [-0.15, -0.1) is 0 Å². The van der Waals surface area contributed by atoms with Crippen molar-refractivity contribution >= 4 is 15.9 Å². The van der Waals surface area contributed by atoms with Crippen LogP contribution >= 0.6 is 15.9 Å². The highest BCUT2D eigenvalue weighted by atomic mass is 79.9. The molecular formula is C18H28BrNO. The van der Waals surface area contributed by atoms with Gasteiger partial charge in [0.2, 0.25) is 0 Å². The molecule has 0 aromatic heterocycles. The Labute approximate surface area is 137 Å². The second-order valence-electron chi connectivity index (χ2n) is 6.36. The molecule has 2 rings (SSSR count). The van der Waals surface area contributed by atoms with Crippen LogP contribution < -0.4 is 10.1 Å². The summed E-state index contributed by atoms with van der Waals surface area (Å²) in [6, 6.07) is 6.99. The maximum Gasteiger partial charge on any atom is 0.133 e. The van der Waals surface area contributed by atoms with Crippen molar-refractivity contribution in [3.8, 4) is 5.75 Å². The van der Waals surface area contributed by atoms with Gasteiger partial charge < -0.3 is 10.1 Å². The highest BCUT2D eigenvalue weighted by Crippen LogP contribution is 2.38. The minimum Gasteiger partial charge on any atom is -0.496 e. The topological polar surface area (TPSA) is 21.3 Å². The second-order valence-corrected chi connectivity index (χ2v) is 7.21. The molecule has 0 saturated heterocycles. The van der Waals surface area contributed by atoms with Crippen molar-refractivity contribution in [1.29, 1.82) is 0 Å². The molecule has 0 aliphatic heterocycles. The third-order valence-electron chi connectivity index (χ3n) is 4.60. The molecule has 1 saturated carbocycles. The average Bonchev–Trinajstić information content (AvgIpc) is 2.48. The van der Waals surface area contributed by atoms with E-state index in [1.54, 1.807) is 7.11 Å². The zero-order chi connectivity index (χ0) is 15.2. The van der Waals surface area contributed by atoms with Gasteiger partial charge in [0.1, 0.15) is 5.75 Å². The first-order chi connectivity index (χ1) is 10.2. The molecule has 0 amide bonds. The molecule has 0 radical (unpaired) electrons.